The van der Waals surface area contributed by atoms with Gasteiger partial charge in [-0.25, -0.2) is 0 Å². The number of hydrogen-bond donors (Lipinski definition) is 3. The lowest BCUT2D eigenvalue weighted by Gasteiger charge is -2.32. The maximum atomic E-state index is 4.81. The van der Waals surface area contributed by atoms with E-state index in [9.17, 15) is 0 Å². The Balaban J connectivity index is 0.00000280. The zero-order valence-electron chi connectivity index (χ0n) is 17.3. The zero-order valence-corrected chi connectivity index (χ0v) is 19.7. The molecule has 1 saturated heterocycles. The van der Waals surface area contributed by atoms with Gasteiger partial charge in [0.2, 0.25) is 0 Å². The highest BCUT2D eigenvalue weighted by atomic mass is 127. The van der Waals surface area contributed by atoms with Crippen LogP contribution in [0.25, 0.3) is 10.9 Å². The monoisotopic (exact) mass is 497 g/mol. The van der Waals surface area contributed by atoms with Crippen LogP contribution in [0.4, 0.5) is 0 Å². The number of aliphatic imine (C=N–C) groups is 1. The molecule has 2 heterocycles. The van der Waals surface area contributed by atoms with E-state index in [0.717, 1.165) is 31.9 Å². The Bertz CT molecular complexity index is 719. The molecule has 2 aromatic rings. The summed E-state index contributed by atoms with van der Waals surface area (Å²) in [6.45, 7) is 9.78. The first-order chi connectivity index (χ1) is 13.3. The number of fused-ring (bicyclic) bond motifs is 1. The molecule has 0 unspecified atom stereocenters. The Labute approximate surface area is 186 Å². The summed E-state index contributed by atoms with van der Waals surface area (Å²) in [6, 6.07) is 9.06. The first-order valence-corrected chi connectivity index (χ1v) is 10.6. The summed E-state index contributed by atoms with van der Waals surface area (Å²) in [7, 11) is 0. The normalized spacial score (nSPS) is 16.1. The minimum Gasteiger partial charge on any atom is -0.361 e. The lowest BCUT2D eigenvalue weighted by Crippen LogP contribution is -2.48. The van der Waals surface area contributed by atoms with Gasteiger partial charge in [0.05, 0.1) is 0 Å². The first kappa shape index (κ1) is 23.0. The number of halogens is 1. The maximum absolute atomic E-state index is 4.81. The van der Waals surface area contributed by atoms with Crippen molar-refractivity contribution < 1.29 is 0 Å². The number of nitrogens with one attached hydrogen (secondary N) is 3. The van der Waals surface area contributed by atoms with Crippen molar-refractivity contribution in [3.05, 3.63) is 36.0 Å². The van der Waals surface area contributed by atoms with Gasteiger partial charge in [-0.3, -0.25) is 4.99 Å². The minimum atomic E-state index is 0. The van der Waals surface area contributed by atoms with Gasteiger partial charge < -0.3 is 20.5 Å². The molecule has 1 aliphatic rings. The van der Waals surface area contributed by atoms with Crippen LogP contribution in [0.1, 0.15) is 45.1 Å². The number of aryl methyl sites for hydroxylation is 1. The number of likely N-dealkylation sites (tertiary alicyclic amines) is 1. The number of hydrogen-bond acceptors (Lipinski definition) is 2. The molecule has 1 fully saturated rings. The van der Waals surface area contributed by atoms with Gasteiger partial charge in [-0.05, 0) is 57.2 Å². The number of benzene rings is 1. The highest BCUT2D eigenvalue weighted by Gasteiger charge is 2.19. The summed E-state index contributed by atoms with van der Waals surface area (Å²) in [5.74, 6) is 0.977. The van der Waals surface area contributed by atoms with Crippen molar-refractivity contribution in [2.24, 2.45) is 4.99 Å². The van der Waals surface area contributed by atoms with Crippen LogP contribution in [0.2, 0.25) is 0 Å². The van der Waals surface area contributed by atoms with Crippen LogP contribution in [-0.2, 0) is 6.42 Å². The van der Waals surface area contributed by atoms with E-state index in [2.05, 4.69) is 64.8 Å². The summed E-state index contributed by atoms with van der Waals surface area (Å²) in [6.07, 6.45) is 7.93. The molecule has 3 rings (SSSR count). The van der Waals surface area contributed by atoms with Gasteiger partial charge in [0.15, 0.2) is 5.96 Å². The van der Waals surface area contributed by atoms with E-state index in [0.29, 0.717) is 6.04 Å². The van der Waals surface area contributed by atoms with Crippen molar-refractivity contribution in [3.8, 4) is 0 Å². The summed E-state index contributed by atoms with van der Waals surface area (Å²) < 4.78 is 0. The molecule has 1 aromatic heterocycles. The van der Waals surface area contributed by atoms with E-state index in [1.807, 2.05) is 0 Å². The fourth-order valence-electron chi connectivity index (χ4n) is 3.93. The van der Waals surface area contributed by atoms with E-state index in [1.54, 1.807) is 0 Å². The molecule has 156 valence electrons. The lowest BCUT2D eigenvalue weighted by atomic mass is 10.1. The summed E-state index contributed by atoms with van der Waals surface area (Å²) in [5.41, 5.74) is 2.61. The molecular weight excluding hydrogens is 461 g/mol. The highest BCUT2D eigenvalue weighted by molar-refractivity contribution is 14.0. The molecule has 1 aromatic carbocycles. The van der Waals surface area contributed by atoms with Crippen LogP contribution in [0.15, 0.2) is 35.5 Å². The molecule has 1 aliphatic heterocycles. The number of guanidine groups is 1. The van der Waals surface area contributed by atoms with Gasteiger partial charge in [0.1, 0.15) is 0 Å². The molecule has 0 aliphatic carbocycles. The molecule has 0 radical (unpaired) electrons. The molecule has 0 saturated carbocycles. The number of para-hydroxylation sites is 1. The second-order valence-electron chi connectivity index (χ2n) is 7.48. The fourth-order valence-corrected chi connectivity index (χ4v) is 3.93. The standard InChI is InChI=1S/C22H35N5.HI/c1-3-14-27-15-11-19(12-16-27)26-22(23-4-2)24-13-7-8-18-17-25-21-10-6-5-9-20(18)21;/h5-6,9-10,17,19,25H,3-4,7-8,11-16H2,1-2H3,(H2,23,24,26);1H. The van der Waals surface area contributed by atoms with Crippen molar-refractivity contribution >= 4 is 40.8 Å². The molecule has 3 N–H and O–H groups in total. The largest absolute Gasteiger partial charge is 0.361 e. The Morgan fingerprint density at radius 3 is 2.75 bits per heavy atom. The Morgan fingerprint density at radius 1 is 1.21 bits per heavy atom. The number of piperidine rings is 1. The van der Waals surface area contributed by atoms with E-state index in [1.165, 1.54) is 55.4 Å². The van der Waals surface area contributed by atoms with Gasteiger partial charge in [-0.1, -0.05) is 25.1 Å². The SMILES string of the molecule is CCCN1CCC(NC(=NCCCc2c[nH]c3ccccc23)NCC)CC1.I. The second kappa shape index (κ2) is 12.3. The van der Waals surface area contributed by atoms with Crippen molar-refractivity contribution in [1.29, 1.82) is 0 Å². The highest BCUT2D eigenvalue weighted by Crippen LogP contribution is 2.18. The minimum absolute atomic E-state index is 0. The number of nitrogens with zero attached hydrogens (tertiary/aromatic N) is 2. The fraction of sp³-hybridized carbons (Fsp3) is 0.591. The van der Waals surface area contributed by atoms with Crippen LogP contribution < -0.4 is 10.6 Å². The predicted octanol–water partition coefficient (Wildman–Crippen LogP) is 4.15. The molecule has 5 nitrogen and oxygen atoms in total. The number of aromatic nitrogens is 1. The second-order valence-corrected chi connectivity index (χ2v) is 7.48. The van der Waals surface area contributed by atoms with Crippen molar-refractivity contribution in [1.82, 2.24) is 20.5 Å². The molecule has 0 bridgehead atoms. The smallest absolute Gasteiger partial charge is 0.191 e. The number of H-pyrrole nitrogens is 1. The van der Waals surface area contributed by atoms with Crippen LogP contribution in [0.3, 0.4) is 0 Å². The van der Waals surface area contributed by atoms with Crippen molar-refractivity contribution in [2.75, 3.05) is 32.7 Å². The predicted molar refractivity (Wildman–Crippen MR) is 131 cm³/mol. The van der Waals surface area contributed by atoms with E-state index < -0.39 is 0 Å². The molecule has 0 spiro atoms. The van der Waals surface area contributed by atoms with E-state index in [4.69, 9.17) is 4.99 Å². The van der Waals surface area contributed by atoms with Crippen LogP contribution in [0.5, 0.6) is 0 Å². The number of rotatable bonds is 8. The first-order valence-electron chi connectivity index (χ1n) is 10.6. The summed E-state index contributed by atoms with van der Waals surface area (Å²) >= 11 is 0. The quantitative estimate of drug-likeness (QED) is 0.222. The Morgan fingerprint density at radius 2 is 2.00 bits per heavy atom. The van der Waals surface area contributed by atoms with E-state index in [-0.39, 0.29) is 24.0 Å². The summed E-state index contributed by atoms with van der Waals surface area (Å²) in [4.78, 5) is 10.7. The van der Waals surface area contributed by atoms with Gasteiger partial charge in [-0.15, -0.1) is 24.0 Å². The third kappa shape index (κ3) is 6.65. The molecular formula is C22H36IN5. The van der Waals surface area contributed by atoms with Gasteiger partial charge in [0.25, 0.3) is 0 Å². The molecule has 0 atom stereocenters. The number of aromatic amines is 1. The van der Waals surface area contributed by atoms with Gasteiger partial charge in [0, 0.05) is 49.3 Å². The molecule has 6 heteroatoms. The third-order valence-electron chi connectivity index (χ3n) is 5.36. The zero-order chi connectivity index (χ0) is 18.9. The Kier molecular flexibility index (Phi) is 10.1. The Hall–Kier alpha value is -1.28. The maximum Gasteiger partial charge on any atom is 0.191 e. The van der Waals surface area contributed by atoms with Crippen LogP contribution in [-0.4, -0.2) is 54.6 Å². The molecule has 0 amide bonds. The van der Waals surface area contributed by atoms with Gasteiger partial charge >= 0.3 is 0 Å². The van der Waals surface area contributed by atoms with Crippen molar-refractivity contribution in [2.45, 2.75) is 52.0 Å². The average Bonchev–Trinajstić information content (AvgIpc) is 3.10. The van der Waals surface area contributed by atoms with Gasteiger partial charge in [-0.2, -0.15) is 0 Å². The van der Waals surface area contributed by atoms with Crippen LogP contribution >= 0.6 is 24.0 Å². The van der Waals surface area contributed by atoms with Crippen molar-refractivity contribution in [3.63, 3.8) is 0 Å². The molecule has 28 heavy (non-hydrogen) atoms. The topological polar surface area (TPSA) is 55.5 Å². The average molecular weight is 497 g/mol. The van der Waals surface area contributed by atoms with Crippen LogP contribution in [0, 0.1) is 0 Å². The van der Waals surface area contributed by atoms with E-state index >= 15 is 0 Å². The summed E-state index contributed by atoms with van der Waals surface area (Å²) in [5, 5.41) is 8.40. The third-order valence-corrected chi connectivity index (χ3v) is 5.36. The lowest BCUT2D eigenvalue weighted by molar-refractivity contribution is 0.206.